The number of rotatable bonds is 5. The number of pyridine rings is 1. The van der Waals surface area contributed by atoms with E-state index in [9.17, 15) is 4.79 Å². The second kappa shape index (κ2) is 5.98. The smallest absolute Gasteiger partial charge is 0.264 e. The van der Waals surface area contributed by atoms with Crippen LogP contribution in [0.15, 0.2) is 30.6 Å². The molecule has 2 aromatic heterocycles. The van der Waals surface area contributed by atoms with Gasteiger partial charge in [0.05, 0.1) is 4.88 Å². The van der Waals surface area contributed by atoms with Crippen LogP contribution in [0.1, 0.15) is 45.4 Å². The van der Waals surface area contributed by atoms with Crippen molar-refractivity contribution in [3.05, 3.63) is 51.5 Å². The molecule has 1 fully saturated rings. The maximum atomic E-state index is 12.8. The van der Waals surface area contributed by atoms with Crippen molar-refractivity contribution in [3.63, 3.8) is 0 Å². The molecular formula is C17H20N2OS. The van der Waals surface area contributed by atoms with Crippen LogP contribution < -0.4 is 0 Å². The highest BCUT2D eigenvalue weighted by Crippen LogP contribution is 2.32. The van der Waals surface area contributed by atoms with E-state index in [-0.39, 0.29) is 5.91 Å². The van der Waals surface area contributed by atoms with Crippen LogP contribution in [0.2, 0.25) is 0 Å². The number of hydrogen-bond donors (Lipinski definition) is 0. The molecule has 0 spiro atoms. The Bertz CT molecular complexity index is 631. The summed E-state index contributed by atoms with van der Waals surface area (Å²) in [5, 5.41) is 0. The summed E-state index contributed by atoms with van der Waals surface area (Å²) in [5.74, 6) is 0.183. The second-order valence-corrected chi connectivity index (χ2v) is 6.82. The fourth-order valence-electron chi connectivity index (χ4n) is 2.56. The number of nitrogens with zero attached hydrogens (tertiary/aromatic N) is 2. The molecule has 0 atom stereocenters. The highest BCUT2D eigenvalue weighted by molar-refractivity contribution is 7.14. The van der Waals surface area contributed by atoms with Gasteiger partial charge in [-0.05, 0) is 55.5 Å². The van der Waals surface area contributed by atoms with Crippen LogP contribution in [0.4, 0.5) is 0 Å². The van der Waals surface area contributed by atoms with Gasteiger partial charge in [-0.3, -0.25) is 9.78 Å². The molecule has 0 N–H and O–H groups in total. The SMILES string of the molecule is CCc1cc(C(=O)N(Cc2ccncc2)C2CC2)sc1C. The van der Waals surface area contributed by atoms with Crippen LogP contribution in [-0.2, 0) is 13.0 Å². The number of carbonyl (C=O) groups is 1. The zero-order valence-corrected chi connectivity index (χ0v) is 13.3. The lowest BCUT2D eigenvalue weighted by Gasteiger charge is -2.21. The zero-order valence-electron chi connectivity index (χ0n) is 12.5. The normalized spacial score (nSPS) is 14.2. The first-order valence-electron chi connectivity index (χ1n) is 7.48. The minimum Gasteiger partial charge on any atom is -0.331 e. The molecule has 110 valence electrons. The molecule has 3 rings (SSSR count). The number of hydrogen-bond acceptors (Lipinski definition) is 3. The minimum atomic E-state index is 0.183. The van der Waals surface area contributed by atoms with Gasteiger partial charge < -0.3 is 4.90 Å². The molecule has 1 saturated carbocycles. The van der Waals surface area contributed by atoms with Crippen molar-refractivity contribution in [3.8, 4) is 0 Å². The molecule has 21 heavy (non-hydrogen) atoms. The van der Waals surface area contributed by atoms with E-state index in [0.29, 0.717) is 12.6 Å². The molecule has 1 aliphatic carbocycles. The maximum Gasteiger partial charge on any atom is 0.264 e. The third-order valence-electron chi connectivity index (χ3n) is 3.96. The van der Waals surface area contributed by atoms with Crippen LogP contribution in [0, 0.1) is 6.92 Å². The topological polar surface area (TPSA) is 33.2 Å². The molecule has 2 aromatic rings. The molecule has 0 aromatic carbocycles. The highest BCUT2D eigenvalue weighted by Gasteiger charge is 2.33. The fraction of sp³-hybridized carbons (Fsp3) is 0.412. The molecular weight excluding hydrogens is 280 g/mol. The van der Waals surface area contributed by atoms with Crippen molar-refractivity contribution in [2.24, 2.45) is 0 Å². The lowest BCUT2D eigenvalue weighted by atomic mass is 10.2. The van der Waals surface area contributed by atoms with E-state index >= 15 is 0 Å². The van der Waals surface area contributed by atoms with E-state index in [1.165, 1.54) is 10.4 Å². The van der Waals surface area contributed by atoms with Crippen LogP contribution >= 0.6 is 11.3 Å². The highest BCUT2D eigenvalue weighted by atomic mass is 32.1. The Kier molecular flexibility index (Phi) is 4.06. The van der Waals surface area contributed by atoms with Crippen LogP contribution in [0.3, 0.4) is 0 Å². The van der Waals surface area contributed by atoms with E-state index in [1.54, 1.807) is 23.7 Å². The molecule has 1 amide bonds. The molecule has 4 heteroatoms. The van der Waals surface area contributed by atoms with E-state index < -0.39 is 0 Å². The molecule has 0 aliphatic heterocycles. The van der Waals surface area contributed by atoms with Gasteiger partial charge in [0, 0.05) is 29.9 Å². The minimum absolute atomic E-state index is 0.183. The summed E-state index contributed by atoms with van der Waals surface area (Å²) in [6.07, 6.45) is 6.82. The number of amides is 1. The van der Waals surface area contributed by atoms with Gasteiger partial charge >= 0.3 is 0 Å². The first-order valence-corrected chi connectivity index (χ1v) is 8.30. The molecule has 0 bridgehead atoms. The summed E-state index contributed by atoms with van der Waals surface area (Å²) in [7, 11) is 0. The van der Waals surface area contributed by atoms with E-state index in [0.717, 1.165) is 29.7 Å². The summed E-state index contributed by atoms with van der Waals surface area (Å²) in [6, 6.07) is 6.46. The molecule has 2 heterocycles. The van der Waals surface area contributed by atoms with Crippen molar-refractivity contribution in [2.45, 2.75) is 45.7 Å². The molecule has 1 aliphatic rings. The Labute approximate surface area is 129 Å². The summed E-state index contributed by atoms with van der Waals surface area (Å²) in [6.45, 7) is 4.92. The van der Waals surface area contributed by atoms with E-state index in [4.69, 9.17) is 0 Å². The number of aryl methyl sites for hydroxylation is 2. The summed E-state index contributed by atoms with van der Waals surface area (Å²) >= 11 is 1.63. The van der Waals surface area contributed by atoms with Gasteiger partial charge in [-0.15, -0.1) is 11.3 Å². The average molecular weight is 300 g/mol. The second-order valence-electron chi connectivity index (χ2n) is 5.57. The van der Waals surface area contributed by atoms with E-state index in [2.05, 4.69) is 24.9 Å². The van der Waals surface area contributed by atoms with Gasteiger partial charge in [-0.2, -0.15) is 0 Å². The quantitative estimate of drug-likeness (QED) is 0.841. The Morgan fingerprint density at radius 3 is 2.67 bits per heavy atom. The van der Waals surface area contributed by atoms with Crippen molar-refractivity contribution in [1.82, 2.24) is 9.88 Å². The summed E-state index contributed by atoms with van der Waals surface area (Å²) in [4.78, 5) is 21.0. The van der Waals surface area contributed by atoms with Gasteiger partial charge in [0.2, 0.25) is 0 Å². The number of thiophene rings is 1. The molecule has 0 radical (unpaired) electrons. The number of carbonyl (C=O) groups excluding carboxylic acids is 1. The predicted molar refractivity (Wildman–Crippen MR) is 85.6 cm³/mol. The molecule has 0 saturated heterocycles. The van der Waals surface area contributed by atoms with Crippen molar-refractivity contribution >= 4 is 17.2 Å². The van der Waals surface area contributed by atoms with Gasteiger partial charge in [0.1, 0.15) is 0 Å². The first kappa shape index (κ1) is 14.3. The zero-order chi connectivity index (χ0) is 14.8. The average Bonchev–Trinajstić information content (AvgIpc) is 3.27. The van der Waals surface area contributed by atoms with Gasteiger partial charge in [-0.1, -0.05) is 6.92 Å². The van der Waals surface area contributed by atoms with Crippen molar-refractivity contribution in [2.75, 3.05) is 0 Å². The molecule has 0 unspecified atom stereocenters. The van der Waals surface area contributed by atoms with E-state index in [1.807, 2.05) is 17.0 Å². The predicted octanol–water partition coefficient (Wildman–Crippen LogP) is 3.82. The third-order valence-corrected chi connectivity index (χ3v) is 5.04. The largest absolute Gasteiger partial charge is 0.331 e. The van der Waals surface area contributed by atoms with Crippen LogP contribution in [-0.4, -0.2) is 21.8 Å². The van der Waals surface area contributed by atoms with Gasteiger partial charge in [0.25, 0.3) is 5.91 Å². The standard InChI is InChI=1S/C17H20N2OS/c1-3-14-10-16(21-12(14)2)17(20)19(15-4-5-15)11-13-6-8-18-9-7-13/h6-10,15H,3-5,11H2,1-2H3. The monoisotopic (exact) mass is 300 g/mol. The number of aromatic nitrogens is 1. The van der Waals surface area contributed by atoms with Crippen molar-refractivity contribution < 1.29 is 4.79 Å². The Balaban J connectivity index is 1.81. The Hall–Kier alpha value is -1.68. The van der Waals surface area contributed by atoms with Gasteiger partial charge in [-0.25, -0.2) is 0 Å². The van der Waals surface area contributed by atoms with Crippen LogP contribution in [0.5, 0.6) is 0 Å². The lowest BCUT2D eigenvalue weighted by Crippen LogP contribution is -2.32. The Morgan fingerprint density at radius 1 is 1.38 bits per heavy atom. The Morgan fingerprint density at radius 2 is 2.10 bits per heavy atom. The fourth-order valence-corrected chi connectivity index (χ4v) is 3.63. The first-order chi connectivity index (χ1) is 10.2. The molecule has 3 nitrogen and oxygen atoms in total. The van der Waals surface area contributed by atoms with Gasteiger partial charge in [0.15, 0.2) is 0 Å². The third kappa shape index (κ3) is 3.16. The maximum absolute atomic E-state index is 12.8. The summed E-state index contributed by atoms with van der Waals surface area (Å²) < 4.78 is 0. The van der Waals surface area contributed by atoms with Crippen molar-refractivity contribution in [1.29, 1.82) is 0 Å². The summed E-state index contributed by atoms with van der Waals surface area (Å²) in [5.41, 5.74) is 2.44. The lowest BCUT2D eigenvalue weighted by molar-refractivity contribution is 0.0735. The van der Waals surface area contributed by atoms with Crippen LogP contribution in [0.25, 0.3) is 0 Å².